The first-order valence-corrected chi connectivity index (χ1v) is 7.63. The van der Waals surface area contributed by atoms with E-state index in [1.165, 1.54) is 6.07 Å². The van der Waals surface area contributed by atoms with E-state index < -0.39 is 17.4 Å². The molecule has 0 spiro atoms. The Hall–Kier alpha value is -2.12. The molecule has 128 valence electrons. The number of hydrogen-bond donors (Lipinski definition) is 1. The minimum atomic E-state index is -4.61. The van der Waals surface area contributed by atoms with Crippen molar-refractivity contribution in [2.75, 3.05) is 26.3 Å². The number of morpholine rings is 1. The normalized spacial score (nSPS) is 16.3. The Labute approximate surface area is 136 Å². The average Bonchev–Trinajstić information content (AvgIpc) is 2.56. The van der Waals surface area contributed by atoms with Crippen LogP contribution in [0, 0.1) is 0 Å². The molecule has 0 bridgehead atoms. The van der Waals surface area contributed by atoms with Crippen LogP contribution >= 0.6 is 0 Å². The van der Waals surface area contributed by atoms with Gasteiger partial charge in [0.05, 0.1) is 13.2 Å². The molecule has 1 N–H and O–H groups in total. The lowest BCUT2D eigenvalue weighted by molar-refractivity contribution is -0.140. The third-order valence-corrected chi connectivity index (χ3v) is 3.98. The maximum atomic E-state index is 13.1. The van der Waals surface area contributed by atoms with Crippen LogP contribution in [0.1, 0.15) is 11.3 Å². The summed E-state index contributed by atoms with van der Waals surface area (Å²) in [7, 11) is 0. The van der Waals surface area contributed by atoms with Gasteiger partial charge in [-0.05, 0) is 17.2 Å². The van der Waals surface area contributed by atoms with Gasteiger partial charge in [-0.25, -0.2) is 0 Å². The molecule has 1 aliphatic heterocycles. The third kappa shape index (κ3) is 3.85. The van der Waals surface area contributed by atoms with Gasteiger partial charge in [0.1, 0.15) is 5.69 Å². The van der Waals surface area contributed by atoms with E-state index in [2.05, 4.69) is 4.90 Å². The molecule has 0 aliphatic carbocycles. The van der Waals surface area contributed by atoms with Crippen LogP contribution in [-0.4, -0.2) is 36.2 Å². The van der Waals surface area contributed by atoms with E-state index in [1.807, 2.05) is 17.1 Å². The van der Waals surface area contributed by atoms with E-state index in [0.717, 1.165) is 31.3 Å². The molecule has 0 unspecified atom stereocenters. The van der Waals surface area contributed by atoms with Crippen molar-refractivity contribution in [2.24, 2.45) is 0 Å². The molecule has 2 aromatic rings. The topological polar surface area (TPSA) is 45.3 Å². The Kier molecular flexibility index (Phi) is 4.73. The van der Waals surface area contributed by atoms with Crippen LogP contribution in [0.15, 0.2) is 41.2 Å². The van der Waals surface area contributed by atoms with Crippen LogP contribution in [0.5, 0.6) is 0 Å². The van der Waals surface area contributed by atoms with E-state index in [4.69, 9.17) is 4.74 Å². The highest BCUT2D eigenvalue weighted by Crippen LogP contribution is 2.34. The maximum Gasteiger partial charge on any atom is 0.431 e. The molecule has 1 fully saturated rings. The summed E-state index contributed by atoms with van der Waals surface area (Å²) in [5.74, 6) is 0. The SMILES string of the molecule is O=c1ccc(-c2ccc(CN3CCOCC3)cc2)c(C(F)(F)F)[nH]1. The predicted octanol–water partition coefficient (Wildman–Crippen LogP) is 2.89. The zero-order chi connectivity index (χ0) is 17.2. The van der Waals surface area contributed by atoms with Gasteiger partial charge in [0.2, 0.25) is 5.56 Å². The summed E-state index contributed by atoms with van der Waals surface area (Å²) >= 11 is 0. The highest BCUT2D eigenvalue weighted by atomic mass is 19.4. The van der Waals surface area contributed by atoms with E-state index in [0.29, 0.717) is 18.8 Å². The monoisotopic (exact) mass is 338 g/mol. The number of nitrogens with one attached hydrogen (secondary N) is 1. The number of benzene rings is 1. The summed E-state index contributed by atoms with van der Waals surface area (Å²) < 4.78 is 44.6. The van der Waals surface area contributed by atoms with Crippen molar-refractivity contribution in [1.82, 2.24) is 9.88 Å². The molecule has 24 heavy (non-hydrogen) atoms. The molecule has 1 aliphatic rings. The van der Waals surface area contributed by atoms with Crippen LogP contribution in [0.4, 0.5) is 13.2 Å². The molecule has 1 aromatic carbocycles. The Bertz CT molecular complexity index is 748. The van der Waals surface area contributed by atoms with Crippen molar-refractivity contribution in [1.29, 1.82) is 0 Å². The number of hydrogen-bond acceptors (Lipinski definition) is 3. The lowest BCUT2D eigenvalue weighted by Crippen LogP contribution is -2.35. The standard InChI is InChI=1S/C17H17F3N2O2/c18-17(19,20)16-14(5-6-15(23)21-16)13-3-1-12(2-4-13)11-22-7-9-24-10-8-22/h1-6H,7-11H2,(H,21,23). The van der Waals surface area contributed by atoms with Gasteiger partial charge >= 0.3 is 6.18 Å². The molecule has 1 saturated heterocycles. The lowest BCUT2D eigenvalue weighted by atomic mass is 10.0. The number of pyridine rings is 1. The molecule has 0 saturated carbocycles. The fourth-order valence-electron chi connectivity index (χ4n) is 2.75. The summed E-state index contributed by atoms with van der Waals surface area (Å²) in [5.41, 5.74) is -0.367. The van der Waals surface area contributed by atoms with Gasteiger partial charge in [-0.2, -0.15) is 13.2 Å². The van der Waals surface area contributed by atoms with Gasteiger partial charge in [0, 0.05) is 31.3 Å². The first kappa shape index (κ1) is 16.7. The van der Waals surface area contributed by atoms with Gasteiger partial charge in [0.25, 0.3) is 0 Å². The fourth-order valence-corrected chi connectivity index (χ4v) is 2.75. The number of ether oxygens (including phenoxy) is 1. The van der Waals surface area contributed by atoms with Crippen molar-refractivity contribution in [3.05, 3.63) is 58.0 Å². The molecule has 0 atom stereocenters. The third-order valence-electron chi connectivity index (χ3n) is 3.98. The number of alkyl halides is 3. The Balaban J connectivity index is 1.84. The Morgan fingerprint density at radius 3 is 2.33 bits per heavy atom. The highest BCUT2D eigenvalue weighted by Gasteiger charge is 2.35. The summed E-state index contributed by atoms with van der Waals surface area (Å²) in [5, 5.41) is 0. The molecular weight excluding hydrogens is 321 g/mol. The zero-order valence-electron chi connectivity index (χ0n) is 12.9. The summed E-state index contributed by atoms with van der Waals surface area (Å²) in [6.45, 7) is 3.83. The van der Waals surface area contributed by atoms with Crippen molar-refractivity contribution < 1.29 is 17.9 Å². The van der Waals surface area contributed by atoms with Crippen molar-refractivity contribution >= 4 is 0 Å². The van der Waals surface area contributed by atoms with Gasteiger partial charge in [-0.3, -0.25) is 9.69 Å². The van der Waals surface area contributed by atoms with Crippen LogP contribution in [-0.2, 0) is 17.5 Å². The molecule has 3 rings (SSSR count). The van der Waals surface area contributed by atoms with Crippen LogP contribution in [0.25, 0.3) is 11.1 Å². The minimum absolute atomic E-state index is 0.0278. The number of rotatable bonds is 3. The Morgan fingerprint density at radius 1 is 1.04 bits per heavy atom. The zero-order valence-corrected chi connectivity index (χ0v) is 12.9. The molecule has 1 aromatic heterocycles. The number of nitrogens with zero attached hydrogens (tertiary/aromatic N) is 1. The number of halogens is 3. The van der Waals surface area contributed by atoms with Crippen molar-refractivity contribution in [2.45, 2.75) is 12.7 Å². The lowest BCUT2D eigenvalue weighted by Gasteiger charge is -2.26. The van der Waals surface area contributed by atoms with Gasteiger partial charge < -0.3 is 9.72 Å². The first-order chi connectivity index (χ1) is 11.4. The van der Waals surface area contributed by atoms with Crippen LogP contribution < -0.4 is 5.56 Å². The molecule has 4 nitrogen and oxygen atoms in total. The second kappa shape index (κ2) is 6.78. The summed E-state index contributed by atoms with van der Waals surface area (Å²) in [6.07, 6.45) is -4.61. The minimum Gasteiger partial charge on any atom is -0.379 e. The molecular formula is C17H17F3N2O2. The van der Waals surface area contributed by atoms with E-state index in [9.17, 15) is 18.0 Å². The second-order valence-electron chi connectivity index (χ2n) is 5.69. The van der Waals surface area contributed by atoms with Crippen molar-refractivity contribution in [3.63, 3.8) is 0 Å². The molecule has 0 radical (unpaired) electrons. The maximum absolute atomic E-state index is 13.1. The highest BCUT2D eigenvalue weighted by molar-refractivity contribution is 5.66. The number of aromatic amines is 1. The number of aromatic nitrogens is 1. The largest absolute Gasteiger partial charge is 0.431 e. The smallest absolute Gasteiger partial charge is 0.379 e. The van der Waals surface area contributed by atoms with Crippen LogP contribution in [0.3, 0.4) is 0 Å². The molecule has 2 heterocycles. The van der Waals surface area contributed by atoms with E-state index in [1.54, 1.807) is 12.1 Å². The second-order valence-corrected chi connectivity index (χ2v) is 5.69. The number of H-pyrrole nitrogens is 1. The predicted molar refractivity (Wildman–Crippen MR) is 83.6 cm³/mol. The van der Waals surface area contributed by atoms with Crippen molar-refractivity contribution in [3.8, 4) is 11.1 Å². The van der Waals surface area contributed by atoms with Gasteiger partial charge in [-0.1, -0.05) is 24.3 Å². The molecule has 7 heteroatoms. The summed E-state index contributed by atoms with van der Waals surface area (Å²) in [4.78, 5) is 15.4. The van der Waals surface area contributed by atoms with Crippen LogP contribution in [0.2, 0.25) is 0 Å². The fraction of sp³-hybridized carbons (Fsp3) is 0.353. The van der Waals surface area contributed by atoms with E-state index >= 15 is 0 Å². The quantitative estimate of drug-likeness (QED) is 0.936. The average molecular weight is 338 g/mol. The van der Waals surface area contributed by atoms with Gasteiger partial charge in [-0.15, -0.1) is 0 Å². The first-order valence-electron chi connectivity index (χ1n) is 7.63. The van der Waals surface area contributed by atoms with Gasteiger partial charge in [0.15, 0.2) is 0 Å². The Morgan fingerprint density at radius 2 is 1.71 bits per heavy atom. The summed E-state index contributed by atoms with van der Waals surface area (Å²) in [6, 6.07) is 9.24. The molecule has 0 amide bonds. The van der Waals surface area contributed by atoms with E-state index in [-0.39, 0.29) is 5.56 Å².